The van der Waals surface area contributed by atoms with Crippen molar-refractivity contribution >= 4 is 60.2 Å². The fourth-order valence-electron chi connectivity index (χ4n) is 4.69. The number of esters is 1. The first-order chi connectivity index (χ1) is 19.3. The molecule has 1 amide bonds. The monoisotopic (exact) mass is 643 g/mol. The standard InChI is InChI=1S/C30H44Cl2FN3O5Si/c1-10-39-27(37)23-25(21-15-18(31)16-22(33)24(21)35-26(23)32)34-19-11-13-36(28(38)41-29(2,3)4)20(17-19)12-14-40-42(8,9)30(5,6)7/h15-16,19-20H,10-14,17H2,1-9H3,(H,34,35)/t19-,20+/m0/s1. The summed E-state index contributed by atoms with van der Waals surface area (Å²) in [6.45, 7) is 19.2. The van der Waals surface area contributed by atoms with Gasteiger partial charge < -0.3 is 24.1 Å². The van der Waals surface area contributed by atoms with E-state index in [1.54, 1.807) is 17.9 Å². The zero-order chi connectivity index (χ0) is 31.6. The Kier molecular flexibility index (Phi) is 10.8. The molecule has 0 radical (unpaired) electrons. The molecule has 42 heavy (non-hydrogen) atoms. The lowest BCUT2D eigenvalue weighted by atomic mass is 9.94. The first-order valence-corrected chi connectivity index (χ1v) is 18.1. The van der Waals surface area contributed by atoms with Crippen LogP contribution in [0.3, 0.4) is 0 Å². The Bertz CT molecular complexity index is 1310. The topological polar surface area (TPSA) is 90.0 Å². The minimum absolute atomic E-state index is 0.00883. The van der Waals surface area contributed by atoms with Crippen molar-refractivity contribution in [2.75, 3.05) is 25.1 Å². The number of benzene rings is 1. The number of likely N-dealkylation sites (tertiary alicyclic amines) is 1. The number of amides is 1. The van der Waals surface area contributed by atoms with Crippen LogP contribution < -0.4 is 5.32 Å². The molecule has 1 aliphatic heterocycles. The van der Waals surface area contributed by atoms with Crippen LogP contribution in [0.2, 0.25) is 28.3 Å². The van der Waals surface area contributed by atoms with Gasteiger partial charge in [-0.25, -0.2) is 19.0 Å². The number of rotatable bonds is 8. The summed E-state index contributed by atoms with van der Waals surface area (Å²) in [5, 5.41) is 3.79. The number of ether oxygens (including phenoxy) is 2. The van der Waals surface area contributed by atoms with Crippen LogP contribution in [0, 0.1) is 5.82 Å². The maximum atomic E-state index is 14.9. The van der Waals surface area contributed by atoms with Crippen molar-refractivity contribution < 1.29 is 27.9 Å². The molecule has 1 aliphatic rings. The van der Waals surface area contributed by atoms with E-state index >= 15 is 0 Å². The lowest BCUT2D eigenvalue weighted by Crippen LogP contribution is -2.51. The highest BCUT2D eigenvalue weighted by molar-refractivity contribution is 6.74. The Labute approximate surface area is 259 Å². The van der Waals surface area contributed by atoms with E-state index < -0.39 is 25.7 Å². The van der Waals surface area contributed by atoms with Gasteiger partial charge >= 0.3 is 12.1 Å². The van der Waals surface area contributed by atoms with Crippen LogP contribution in [-0.4, -0.2) is 67.7 Å². The van der Waals surface area contributed by atoms with E-state index in [4.69, 9.17) is 37.1 Å². The zero-order valence-electron chi connectivity index (χ0n) is 26.1. The number of fused-ring (bicyclic) bond motifs is 1. The minimum atomic E-state index is -2.00. The average molecular weight is 645 g/mol. The molecule has 1 aromatic carbocycles. The van der Waals surface area contributed by atoms with Crippen molar-refractivity contribution in [1.82, 2.24) is 9.88 Å². The molecule has 1 saturated heterocycles. The van der Waals surface area contributed by atoms with E-state index in [1.807, 2.05) is 20.8 Å². The second-order valence-electron chi connectivity index (χ2n) is 13.2. The van der Waals surface area contributed by atoms with Gasteiger partial charge in [0.25, 0.3) is 0 Å². The van der Waals surface area contributed by atoms with Crippen molar-refractivity contribution in [2.24, 2.45) is 0 Å². The van der Waals surface area contributed by atoms with Crippen LogP contribution in [0.1, 0.15) is 78.1 Å². The third kappa shape index (κ3) is 8.27. The number of hydrogen-bond acceptors (Lipinski definition) is 7. The summed E-state index contributed by atoms with van der Waals surface area (Å²) in [4.78, 5) is 32.1. The van der Waals surface area contributed by atoms with Crippen LogP contribution >= 0.6 is 23.2 Å². The van der Waals surface area contributed by atoms with E-state index in [0.29, 0.717) is 43.5 Å². The molecule has 1 fully saturated rings. The molecule has 2 aromatic rings. The van der Waals surface area contributed by atoms with Gasteiger partial charge in [-0.05, 0) is 77.2 Å². The fourth-order valence-corrected chi connectivity index (χ4v) is 6.21. The number of anilines is 1. The first kappa shape index (κ1) is 34.3. The smallest absolute Gasteiger partial charge is 0.410 e. The van der Waals surface area contributed by atoms with Crippen molar-refractivity contribution in [3.8, 4) is 0 Å². The summed E-state index contributed by atoms with van der Waals surface area (Å²) in [7, 11) is -2.00. The number of halogens is 3. The van der Waals surface area contributed by atoms with Gasteiger partial charge in [0.1, 0.15) is 21.8 Å². The van der Waals surface area contributed by atoms with E-state index in [1.165, 1.54) is 0 Å². The fraction of sp³-hybridized carbons (Fsp3) is 0.633. The Morgan fingerprint density at radius 3 is 2.43 bits per heavy atom. The molecule has 8 nitrogen and oxygen atoms in total. The number of carbonyl (C=O) groups excluding carboxylic acids is 2. The SMILES string of the molecule is CCOC(=O)c1c(Cl)nc2c(F)cc(Cl)cc2c1N[C@H]1CCN(C(=O)OC(C)(C)C)[C@H](CCO[Si](C)(C)C(C)(C)C)C1. The van der Waals surface area contributed by atoms with Crippen molar-refractivity contribution in [1.29, 1.82) is 0 Å². The highest BCUT2D eigenvalue weighted by Crippen LogP contribution is 2.38. The van der Waals surface area contributed by atoms with Gasteiger partial charge in [0, 0.05) is 35.6 Å². The molecule has 234 valence electrons. The lowest BCUT2D eigenvalue weighted by Gasteiger charge is -2.42. The molecule has 1 aromatic heterocycles. The second-order valence-corrected chi connectivity index (χ2v) is 18.9. The van der Waals surface area contributed by atoms with E-state index in [0.717, 1.165) is 6.07 Å². The Morgan fingerprint density at radius 1 is 1.17 bits per heavy atom. The molecule has 3 rings (SSSR count). The molecule has 0 unspecified atom stereocenters. The molecular formula is C30H44Cl2FN3O5Si. The van der Waals surface area contributed by atoms with E-state index in [9.17, 15) is 14.0 Å². The minimum Gasteiger partial charge on any atom is -0.462 e. The van der Waals surface area contributed by atoms with Gasteiger partial charge in [-0.1, -0.05) is 44.0 Å². The van der Waals surface area contributed by atoms with Gasteiger partial charge in [-0.3, -0.25) is 0 Å². The molecule has 0 spiro atoms. The Morgan fingerprint density at radius 2 is 1.83 bits per heavy atom. The molecule has 0 saturated carbocycles. The van der Waals surface area contributed by atoms with Gasteiger partial charge in [-0.15, -0.1) is 0 Å². The Balaban J connectivity index is 1.96. The molecule has 2 heterocycles. The molecule has 0 aliphatic carbocycles. The summed E-state index contributed by atoms with van der Waals surface area (Å²) in [5.41, 5.74) is -0.332. The number of carbonyl (C=O) groups is 2. The van der Waals surface area contributed by atoms with Crippen molar-refractivity contribution in [3.63, 3.8) is 0 Å². The number of aromatic nitrogens is 1. The van der Waals surface area contributed by atoms with Crippen molar-refractivity contribution in [3.05, 3.63) is 33.7 Å². The maximum Gasteiger partial charge on any atom is 0.410 e. The normalized spacial score (nSPS) is 18.2. The van der Waals surface area contributed by atoms with E-state index in [-0.39, 0.29) is 51.1 Å². The number of nitrogens with one attached hydrogen (secondary N) is 1. The zero-order valence-corrected chi connectivity index (χ0v) is 28.6. The number of hydrogen-bond donors (Lipinski definition) is 1. The largest absolute Gasteiger partial charge is 0.462 e. The molecular weight excluding hydrogens is 600 g/mol. The quantitative estimate of drug-likeness (QED) is 0.175. The highest BCUT2D eigenvalue weighted by Gasteiger charge is 2.39. The highest BCUT2D eigenvalue weighted by atomic mass is 35.5. The number of pyridine rings is 1. The van der Waals surface area contributed by atoms with E-state index in [2.05, 4.69) is 44.2 Å². The van der Waals surface area contributed by atoms with Gasteiger partial charge in [0.05, 0.1) is 12.3 Å². The summed E-state index contributed by atoms with van der Waals surface area (Å²) >= 11 is 12.7. The third-order valence-electron chi connectivity index (χ3n) is 7.86. The average Bonchev–Trinajstić information content (AvgIpc) is 2.83. The Hall–Kier alpha value is -2.14. The molecule has 2 atom stereocenters. The summed E-state index contributed by atoms with van der Waals surface area (Å²) in [6, 6.07) is 2.30. The molecule has 0 bridgehead atoms. The third-order valence-corrected chi connectivity index (χ3v) is 12.9. The van der Waals surface area contributed by atoms with Crippen LogP contribution in [0.25, 0.3) is 10.9 Å². The van der Waals surface area contributed by atoms with Gasteiger partial charge in [-0.2, -0.15) is 0 Å². The van der Waals surface area contributed by atoms with Crippen molar-refractivity contribution in [2.45, 2.75) is 104 Å². The molecule has 12 heteroatoms. The number of nitrogens with zero attached hydrogens (tertiary/aromatic N) is 2. The first-order valence-electron chi connectivity index (χ1n) is 14.4. The number of piperidine rings is 1. The summed E-state index contributed by atoms with van der Waals surface area (Å²) < 4.78 is 32.4. The predicted octanol–water partition coefficient (Wildman–Crippen LogP) is 8.45. The second kappa shape index (κ2) is 13.2. The van der Waals surface area contributed by atoms with Gasteiger partial charge in [0.2, 0.25) is 0 Å². The maximum absolute atomic E-state index is 14.9. The molecule has 1 N–H and O–H groups in total. The van der Waals surface area contributed by atoms with Crippen LogP contribution in [0.15, 0.2) is 12.1 Å². The van der Waals surface area contributed by atoms with Crippen LogP contribution in [-0.2, 0) is 13.9 Å². The van der Waals surface area contributed by atoms with Crippen LogP contribution in [0.5, 0.6) is 0 Å². The summed E-state index contributed by atoms with van der Waals surface area (Å²) in [6.07, 6.45) is 1.31. The van der Waals surface area contributed by atoms with Crippen LogP contribution in [0.4, 0.5) is 14.9 Å². The predicted molar refractivity (Wildman–Crippen MR) is 169 cm³/mol. The lowest BCUT2D eigenvalue weighted by molar-refractivity contribution is 0.00624. The summed E-state index contributed by atoms with van der Waals surface area (Å²) in [5.74, 6) is -1.33. The van der Waals surface area contributed by atoms with Gasteiger partial charge in [0.15, 0.2) is 14.1 Å².